The van der Waals surface area contributed by atoms with Crippen molar-refractivity contribution in [3.05, 3.63) is 59.7 Å². The molecule has 0 spiro atoms. The molecular formula is C16H15N3O. The van der Waals surface area contributed by atoms with Gasteiger partial charge in [-0.25, -0.2) is 0 Å². The number of nitrogens with zero attached hydrogens (tertiary/aromatic N) is 1. The SMILES string of the molecule is CC(C(=O)Nc1cccc(C#N)c1)c1cccc(N)c1. The lowest BCUT2D eigenvalue weighted by atomic mass is 9.99. The Kier molecular flexibility index (Phi) is 4.02. The maximum Gasteiger partial charge on any atom is 0.231 e. The van der Waals surface area contributed by atoms with Gasteiger partial charge in [0.25, 0.3) is 0 Å². The molecule has 2 rings (SSSR count). The highest BCUT2D eigenvalue weighted by Gasteiger charge is 2.15. The molecule has 0 saturated carbocycles. The van der Waals surface area contributed by atoms with E-state index in [0.29, 0.717) is 16.9 Å². The number of nitrogens with two attached hydrogens (primary N) is 1. The fourth-order valence-electron chi connectivity index (χ4n) is 1.90. The van der Waals surface area contributed by atoms with Crippen LogP contribution in [0.2, 0.25) is 0 Å². The van der Waals surface area contributed by atoms with Gasteiger partial charge in [0, 0.05) is 11.4 Å². The van der Waals surface area contributed by atoms with Gasteiger partial charge in [-0.15, -0.1) is 0 Å². The molecule has 100 valence electrons. The molecule has 1 amide bonds. The first-order valence-corrected chi connectivity index (χ1v) is 6.26. The maximum absolute atomic E-state index is 12.2. The standard InChI is InChI=1S/C16H15N3O/c1-11(13-5-3-6-14(18)9-13)16(20)19-15-7-2-4-12(8-15)10-17/h2-9,11H,18H2,1H3,(H,19,20). The van der Waals surface area contributed by atoms with Crippen molar-refractivity contribution in [3.63, 3.8) is 0 Å². The molecule has 0 aliphatic heterocycles. The summed E-state index contributed by atoms with van der Waals surface area (Å²) >= 11 is 0. The topological polar surface area (TPSA) is 78.9 Å². The lowest BCUT2D eigenvalue weighted by Crippen LogP contribution is -2.19. The summed E-state index contributed by atoms with van der Waals surface area (Å²) in [4.78, 5) is 12.2. The minimum absolute atomic E-state index is 0.134. The fourth-order valence-corrected chi connectivity index (χ4v) is 1.90. The van der Waals surface area contributed by atoms with Gasteiger partial charge in [0.05, 0.1) is 17.6 Å². The van der Waals surface area contributed by atoms with Crippen molar-refractivity contribution in [3.8, 4) is 6.07 Å². The second-order valence-electron chi connectivity index (χ2n) is 4.57. The molecule has 0 radical (unpaired) electrons. The van der Waals surface area contributed by atoms with Gasteiger partial charge in [0.15, 0.2) is 0 Å². The van der Waals surface area contributed by atoms with E-state index in [1.165, 1.54) is 0 Å². The zero-order chi connectivity index (χ0) is 14.5. The highest BCUT2D eigenvalue weighted by Crippen LogP contribution is 2.20. The van der Waals surface area contributed by atoms with Crippen LogP contribution < -0.4 is 11.1 Å². The summed E-state index contributed by atoms with van der Waals surface area (Å²) < 4.78 is 0. The average Bonchev–Trinajstić information content (AvgIpc) is 2.46. The first-order chi connectivity index (χ1) is 9.60. The van der Waals surface area contributed by atoms with Crippen molar-refractivity contribution in [2.24, 2.45) is 0 Å². The van der Waals surface area contributed by atoms with Crippen molar-refractivity contribution in [1.29, 1.82) is 5.26 Å². The van der Waals surface area contributed by atoms with Crippen LogP contribution in [-0.4, -0.2) is 5.91 Å². The van der Waals surface area contributed by atoms with Crippen molar-refractivity contribution < 1.29 is 4.79 Å². The number of carbonyl (C=O) groups excluding carboxylic acids is 1. The number of benzene rings is 2. The van der Waals surface area contributed by atoms with Gasteiger partial charge >= 0.3 is 0 Å². The summed E-state index contributed by atoms with van der Waals surface area (Å²) in [6, 6.07) is 16.1. The number of rotatable bonds is 3. The summed E-state index contributed by atoms with van der Waals surface area (Å²) in [6.07, 6.45) is 0. The van der Waals surface area contributed by atoms with Crippen LogP contribution in [0, 0.1) is 11.3 Å². The summed E-state index contributed by atoms with van der Waals surface area (Å²) in [6.45, 7) is 1.82. The van der Waals surface area contributed by atoms with Crippen molar-refractivity contribution >= 4 is 17.3 Å². The monoisotopic (exact) mass is 265 g/mol. The van der Waals surface area contributed by atoms with Crippen LogP contribution >= 0.6 is 0 Å². The van der Waals surface area contributed by atoms with Crippen LogP contribution in [0.15, 0.2) is 48.5 Å². The summed E-state index contributed by atoms with van der Waals surface area (Å²) in [5.74, 6) is -0.449. The molecule has 20 heavy (non-hydrogen) atoms. The predicted octanol–water partition coefficient (Wildman–Crippen LogP) is 2.88. The molecule has 0 aliphatic rings. The van der Waals surface area contributed by atoms with E-state index in [9.17, 15) is 4.79 Å². The lowest BCUT2D eigenvalue weighted by Gasteiger charge is -2.13. The summed E-state index contributed by atoms with van der Waals surface area (Å²) in [5.41, 5.74) is 8.34. The van der Waals surface area contributed by atoms with E-state index in [1.54, 1.807) is 36.4 Å². The highest BCUT2D eigenvalue weighted by atomic mass is 16.1. The first-order valence-electron chi connectivity index (χ1n) is 6.26. The minimum Gasteiger partial charge on any atom is -0.399 e. The van der Waals surface area contributed by atoms with Gasteiger partial charge in [-0.3, -0.25) is 4.79 Å². The molecule has 1 atom stereocenters. The Hall–Kier alpha value is -2.80. The van der Waals surface area contributed by atoms with Crippen LogP contribution in [0.5, 0.6) is 0 Å². The lowest BCUT2D eigenvalue weighted by molar-refractivity contribution is -0.117. The molecule has 0 aliphatic carbocycles. The Morgan fingerprint density at radius 1 is 1.25 bits per heavy atom. The number of nitriles is 1. The van der Waals surface area contributed by atoms with Crippen LogP contribution in [-0.2, 0) is 4.79 Å². The molecule has 1 unspecified atom stereocenters. The second-order valence-corrected chi connectivity index (χ2v) is 4.57. The van der Waals surface area contributed by atoms with E-state index in [4.69, 9.17) is 11.0 Å². The van der Waals surface area contributed by atoms with E-state index < -0.39 is 0 Å². The summed E-state index contributed by atoms with van der Waals surface area (Å²) in [5, 5.41) is 11.6. The Labute approximate surface area is 117 Å². The Morgan fingerprint density at radius 2 is 2.00 bits per heavy atom. The number of nitrogen functional groups attached to an aromatic ring is 1. The number of hydrogen-bond acceptors (Lipinski definition) is 3. The smallest absolute Gasteiger partial charge is 0.231 e. The number of nitrogens with one attached hydrogen (secondary N) is 1. The predicted molar refractivity (Wildman–Crippen MR) is 79.1 cm³/mol. The van der Waals surface area contributed by atoms with Crippen molar-refractivity contribution in [1.82, 2.24) is 0 Å². The van der Waals surface area contributed by atoms with Gasteiger partial charge in [-0.2, -0.15) is 5.26 Å². The molecule has 2 aromatic rings. The molecule has 3 N–H and O–H groups in total. The van der Waals surface area contributed by atoms with Crippen LogP contribution in [0.4, 0.5) is 11.4 Å². The number of amides is 1. The maximum atomic E-state index is 12.2. The third-order valence-electron chi connectivity index (χ3n) is 3.06. The fraction of sp³-hybridized carbons (Fsp3) is 0.125. The van der Waals surface area contributed by atoms with Gasteiger partial charge in [-0.05, 0) is 42.8 Å². The van der Waals surface area contributed by atoms with Gasteiger partial charge in [-0.1, -0.05) is 18.2 Å². The third kappa shape index (κ3) is 3.15. The molecular weight excluding hydrogens is 250 g/mol. The van der Waals surface area contributed by atoms with Crippen molar-refractivity contribution in [2.45, 2.75) is 12.8 Å². The second kappa shape index (κ2) is 5.89. The number of anilines is 2. The largest absolute Gasteiger partial charge is 0.399 e. The summed E-state index contributed by atoms with van der Waals surface area (Å²) in [7, 11) is 0. The van der Waals surface area contributed by atoms with Crippen LogP contribution in [0.25, 0.3) is 0 Å². The number of carbonyl (C=O) groups is 1. The zero-order valence-electron chi connectivity index (χ0n) is 11.1. The molecule has 0 bridgehead atoms. The molecule has 0 heterocycles. The van der Waals surface area contributed by atoms with E-state index in [1.807, 2.05) is 25.1 Å². The Balaban J connectivity index is 2.13. The van der Waals surface area contributed by atoms with Gasteiger partial charge in [0.1, 0.15) is 0 Å². The van der Waals surface area contributed by atoms with Crippen LogP contribution in [0.3, 0.4) is 0 Å². The van der Waals surface area contributed by atoms with Crippen molar-refractivity contribution in [2.75, 3.05) is 11.1 Å². The van der Waals surface area contributed by atoms with E-state index >= 15 is 0 Å². The van der Waals surface area contributed by atoms with Gasteiger partial charge in [0.2, 0.25) is 5.91 Å². The Bertz CT molecular complexity index is 673. The van der Waals surface area contributed by atoms with E-state index in [-0.39, 0.29) is 11.8 Å². The molecule has 0 saturated heterocycles. The Morgan fingerprint density at radius 3 is 2.70 bits per heavy atom. The minimum atomic E-state index is -0.316. The first kappa shape index (κ1) is 13.6. The molecule has 0 fully saturated rings. The van der Waals surface area contributed by atoms with E-state index in [0.717, 1.165) is 5.56 Å². The molecule has 0 aromatic heterocycles. The van der Waals surface area contributed by atoms with E-state index in [2.05, 4.69) is 5.32 Å². The van der Waals surface area contributed by atoms with Gasteiger partial charge < -0.3 is 11.1 Å². The highest BCUT2D eigenvalue weighted by molar-refractivity contribution is 5.95. The average molecular weight is 265 g/mol. The zero-order valence-corrected chi connectivity index (χ0v) is 11.1. The number of hydrogen-bond donors (Lipinski definition) is 2. The quantitative estimate of drug-likeness (QED) is 0.837. The third-order valence-corrected chi connectivity index (χ3v) is 3.06. The normalized spacial score (nSPS) is 11.4. The molecule has 4 nitrogen and oxygen atoms in total. The van der Waals surface area contributed by atoms with Crippen LogP contribution in [0.1, 0.15) is 24.0 Å². The molecule has 4 heteroatoms. The molecule has 2 aromatic carbocycles.